The molecular weight excluding hydrogens is 431 g/mol. The highest BCUT2D eigenvalue weighted by Crippen LogP contribution is 2.24. The first-order valence-electron chi connectivity index (χ1n) is 10.9. The van der Waals surface area contributed by atoms with E-state index in [4.69, 9.17) is 23.2 Å². The van der Waals surface area contributed by atoms with Gasteiger partial charge < -0.3 is 10.2 Å². The first kappa shape index (κ1) is 23.6. The molecule has 1 fully saturated rings. The molecule has 1 atom stereocenters. The average Bonchev–Trinajstić information content (AvgIpc) is 2.76. The second kappa shape index (κ2) is 11.0. The summed E-state index contributed by atoms with van der Waals surface area (Å²) < 4.78 is 0. The van der Waals surface area contributed by atoms with Gasteiger partial charge in [-0.3, -0.25) is 9.59 Å². The zero-order chi connectivity index (χ0) is 22.4. The molecule has 0 saturated heterocycles. The molecule has 2 aromatic carbocycles. The van der Waals surface area contributed by atoms with Gasteiger partial charge in [0.25, 0.3) is 0 Å². The van der Waals surface area contributed by atoms with Crippen LogP contribution in [0.3, 0.4) is 0 Å². The maximum absolute atomic E-state index is 13.3. The summed E-state index contributed by atoms with van der Waals surface area (Å²) in [6.45, 7) is 4.20. The lowest BCUT2D eigenvalue weighted by Gasteiger charge is -2.31. The Morgan fingerprint density at radius 3 is 2.29 bits per heavy atom. The number of nitrogens with one attached hydrogen (secondary N) is 1. The van der Waals surface area contributed by atoms with Crippen LogP contribution in [0.4, 0.5) is 0 Å². The quantitative estimate of drug-likeness (QED) is 0.574. The van der Waals surface area contributed by atoms with Gasteiger partial charge in [-0.05, 0) is 49.9 Å². The summed E-state index contributed by atoms with van der Waals surface area (Å²) in [5, 5.41) is 4.03. The molecule has 0 radical (unpaired) electrons. The van der Waals surface area contributed by atoms with Crippen LogP contribution in [0.25, 0.3) is 0 Å². The first-order valence-corrected chi connectivity index (χ1v) is 11.7. The van der Waals surface area contributed by atoms with E-state index in [1.165, 1.54) is 6.42 Å². The summed E-state index contributed by atoms with van der Waals surface area (Å²) in [7, 11) is 0. The molecule has 0 aliphatic heterocycles. The van der Waals surface area contributed by atoms with Crippen molar-refractivity contribution in [3.05, 3.63) is 69.2 Å². The number of hydrogen-bond donors (Lipinski definition) is 1. The summed E-state index contributed by atoms with van der Waals surface area (Å²) >= 11 is 12.1. The predicted octanol–water partition coefficient (Wildman–Crippen LogP) is 5.71. The van der Waals surface area contributed by atoms with E-state index < -0.39 is 6.04 Å². The maximum atomic E-state index is 13.3. The van der Waals surface area contributed by atoms with Crippen LogP contribution in [-0.4, -0.2) is 28.8 Å². The largest absolute Gasteiger partial charge is 0.352 e. The van der Waals surface area contributed by atoms with Gasteiger partial charge in [-0.2, -0.15) is 0 Å². The van der Waals surface area contributed by atoms with Gasteiger partial charge in [-0.1, -0.05) is 78.4 Å². The van der Waals surface area contributed by atoms with Crippen molar-refractivity contribution in [3.8, 4) is 0 Å². The minimum Gasteiger partial charge on any atom is -0.352 e. The van der Waals surface area contributed by atoms with Crippen LogP contribution in [0, 0.1) is 6.92 Å². The summed E-state index contributed by atoms with van der Waals surface area (Å²) in [5.41, 5.74) is 2.92. The molecule has 1 saturated carbocycles. The molecule has 0 heterocycles. The Hall–Kier alpha value is -2.04. The van der Waals surface area contributed by atoms with Gasteiger partial charge in [0.2, 0.25) is 11.8 Å². The molecule has 1 N–H and O–H groups in total. The highest BCUT2D eigenvalue weighted by molar-refractivity contribution is 6.42. The number of carbonyl (C=O) groups excluding carboxylic acids is 2. The zero-order valence-electron chi connectivity index (χ0n) is 18.2. The van der Waals surface area contributed by atoms with E-state index in [9.17, 15) is 9.59 Å². The Morgan fingerprint density at radius 1 is 1.00 bits per heavy atom. The van der Waals surface area contributed by atoms with Gasteiger partial charge >= 0.3 is 0 Å². The lowest BCUT2D eigenvalue weighted by atomic mass is 9.95. The van der Waals surface area contributed by atoms with Gasteiger partial charge in [-0.15, -0.1) is 0 Å². The van der Waals surface area contributed by atoms with E-state index in [1.54, 1.807) is 30.0 Å². The molecule has 0 bridgehead atoms. The van der Waals surface area contributed by atoms with Gasteiger partial charge in [0.05, 0.1) is 16.5 Å². The molecule has 1 aliphatic carbocycles. The van der Waals surface area contributed by atoms with Crippen molar-refractivity contribution in [1.29, 1.82) is 0 Å². The molecule has 6 heteroatoms. The zero-order valence-corrected chi connectivity index (χ0v) is 19.7. The van der Waals surface area contributed by atoms with Crippen molar-refractivity contribution in [2.24, 2.45) is 0 Å². The van der Waals surface area contributed by atoms with E-state index in [2.05, 4.69) is 5.32 Å². The third-order valence-electron chi connectivity index (χ3n) is 5.93. The lowest BCUT2D eigenvalue weighted by Crippen LogP contribution is -2.50. The molecule has 166 valence electrons. The molecule has 2 amide bonds. The Kier molecular flexibility index (Phi) is 8.39. The number of rotatable bonds is 7. The SMILES string of the molecule is Cc1ccc(CN(C(=O)Cc2ccc(Cl)c(Cl)c2)[C@H](C)C(=O)NC2CCCCC2)cc1. The topological polar surface area (TPSA) is 49.4 Å². The maximum Gasteiger partial charge on any atom is 0.242 e. The van der Waals surface area contributed by atoms with Crippen LogP contribution in [0.1, 0.15) is 55.7 Å². The van der Waals surface area contributed by atoms with Crippen LogP contribution < -0.4 is 5.32 Å². The molecule has 31 heavy (non-hydrogen) atoms. The van der Waals surface area contributed by atoms with Crippen LogP contribution >= 0.6 is 23.2 Å². The molecule has 0 spiro atoms. The van der Waals surface area contributed by atoms with Crippen molar-refractivity contribution in [2.45, 2.75) is 71.0 Å². The minimum absolute atomic E-state index is 0.0958. The number of benzene rings is 2. The highest BCUT2D eigenvalue weighted by atomic mass is 35.5. The van der Waals surface area contributed by atoms with Crippen LogP contribution in [0.5, 0.6) is 0 Å². The van der Waals surface area contributed by atoms with Crippen molar-refractivity contribution >= 4 is 35.0 Å². The molecular formula is C25H30Cl2N2O2. The van der Waals surface area contributed by atoms with Crippen molar-refractivity contribution in [3.63, 3.8) is 0 Å². The number of halogens is 2. The summed E-state index contributed by atoms with van der Waals surface area (Å²) in [6, 6.07) is 12.9. The molecule has 0 unspecified atom stereocenters. The Balaban J connectivity index is 1.76. The fourth-order valence-corrected chi connectivity index (χ4v) is 4.29. The van der Waals surface area contributed by atoms with Crippen LogP contribution in [-0.2, 0) is 22.6 Å². The van der Waals surface area contributed by atoms with E-state index in [0.717, 1.165) is 42.4 Å². The normalized spacial score (nSPS) is 15.4. The Labute approximate surface area is 194 Å². The fraction of sp³-hybridized carbons (Fsp3) is 0.440. The monoisotopic (exact) mass is 460 g/mol. The molecule has 4 nitrogen and oxygen atoms in total. The average molecular weight is 461 g/mol. The summed E-state index contributed by atoms with van der Waals surface area (Å²) in [4.78, 5) is 28.0. The van der Waals surface area contributed by atoms with Gasteiger partial charge in [0.1, 0.15) is 6.04 Å². The first-order chi connectivity index (χ1) is 14.8. The van der Waals surface area contributed by atoms with E-state index >= 15 is 0 Å². The predicted molar refractivity (Wildman–Crippen MR) is 126 cm³/mol. The summed E-state index contributed by atoms with van der Waals surface area (Å²) in [6.07, 6.45) is 5.68. The molecule has 3 rings (SSSR count). The van der Waals surface area contributed by atoms with Crippen molar-refractivity contribution in [1.82, 2.24) is 10.2 Å². The second-order valence-corrected chi connectivity index (χ2v) is 9.27. The Morgan fingerprint density at radius 2 is 1.65 bits per heavy atom. The Bertz CT molecular complexity index is 908. The third-order valence-corrected chi connectivity index (χ3v) is 6.67. The molecule has 0 aromatic heterocycles. The standard InChI is InChI=1S/C25H30Cl2N2O2/c1-17-8-10-19(11-9-17)16-29(18(2)25(31)28-21-6-4-3-5-7-21)24(30)15-20-12-13-22(26)23(27)14-20/h8-14,18,21H,3-7,15-16H2,1-2H3,(H,28,31)/t18-/m1/s1. The summed E-state index contributed by atoms with van der Waals surface area (Å²) in [5.74, 6) is -0.216. The van der Waals surface area contributed by atoms with Crippen molar-refractivity contribution < 1.29 is 9.59 Å². The third kappa shape index (κ3) is 6.72. The van der Waals surface area contributed by atoms with Crippen molar-refractivity contribution in [2.75, 3.05) is 0 Å². The van der Waals surface area contributed by atoms with E-state index in [0.29, 0.717) is 16.6 Å². The highest BCUT2D eigenvalue weighted by Gasteiger charge is 2.28. The minimum atomic E-state index is -0.571. The van der Waals surface area contributed by atoms with Crippen LogP contribution in [0.15, 0.2) is 42.5 Å². The smallest absolute Gasteiger partial charge is 0.242 e. The fourth-order valence-electron chi connectivity index (χ4n) is 3.97. The van der Waals surface area contributed by atoms with Gasteiger partial charge in [0, 0.05) is 12.6 Å². The van der Waals surface area contributed by atoms with E-state index in [-0.39, 0.29) is 24.3 Å². The van der Waals surface area contributed by atoms with Gasteiger partial charge in [0.15, 0.2) is 0 Å². The second-order valence-electron chi connectivity index (χ2n) is 8.45. The van der Waals surface area contributed by atoms with Gasteiger partial charge in [-0.25, -0.2) is 0 Å². The van der Waals surface area contributed by atoms with E-state index in [1.807, 2.05) is 31.2 Å². The number of hydrogen-bond acceptors (Lipinski definition) is 2. The number of carbonyl (C=O) groups is 2. The van der Waals surface area contributed by atoms with Crippen LogP contribution in [0.2, 0.25) is 10.0 Å². The number of amides is 2. The number of nitrogens with zero attached hydrogens (tertiary/aromatic N) is 1. The molecule has 2 aromatic rings. The molecule has 1 aliphatic rings. The number of aryl methyl sites for hydroxylation is 1. The lowest BCUT2D eigenvalue weighted by molar-refractivity contribution is -0.140.